The minimum Gasteiger partial charge on any atom is -0.312 e. The minimum absolute atomic E-state index is 0.688. The van der Waals surface area contributed by atoms with Gasteiger partial charge in [0.15, 0.2) is 0 Å². The third kappa shape index (κ3) is 4.48. The second-order valence-corrected chi connectivity index (χ2v) is 6.72. The number of hydrogen-bond donors (Lipinski definition) is 1. The van der Waals surface area contributed by atoms with E-state index >= 15 is 0 Å². The van der Waals surface area contributed by atoms with Crippen LogP contribution in [0.5, 0.6) is 0 Å². The predicted octanol–water partition coefficient (Wildman–Crippen LogP) is 1.79. The molecule has 0 spiro atoms. The molecule has 0 aromatic carbocycles. The van der Waals surface area contributed by atoms with Crippen molar-refractivity contribution in [2.75, 3.05) is 39.3 Å². The summed E-state index contributed by atoms with van der Waals surface area (Å²) in [5, 5.41) is 3.82. The van der Waals surface area contributed by atoms with Gasteiger partial charge in [-0.05, 0) is 44.7 Å². The maximum Gasteiger partial charge on any atom is 0.0598 e. The van der Waals surface area contributed by atoms with Crippen LogP contribution in [0.15, 0.2) is 0 Å². The Bertz CT molecular complexity index is 307. The van der Waals surface area contributed by atoms with Crippen molar-refractivity contribution in [3.8, 4) is 12.3 Å². The fourth-order valence-corrected chi connectivity index (χ4v) is 3.57. The molecule has 2 saturated heterocycles. The molecule has 0 aliphatic carbocycles. The van der Waals surface area contributed by atoms with E-state index < -0.39 is 0 Å². The summed E-state index contributed by atoms with van der Waals surface area (Å²) in [6.45, 7) is 11.6. The van der Waals surface area contributed by atoms with Gasteiger partial charge in [0.05, 0.1) is 6.54 Å². The summed E-state index contributed by atoms with van der Waals surface area (Å²) in [4.78, 5) is 5.07. The van der Waals surface area contributed by atoms with Crippen molar-refractivity contribution in [3.05, 3.63) is 0 Å². The standard InChI is InChI=1S/C17H31N3/c1-4-9-19-12-7-16(8-13-19)18-14-17(15(2)3)20-10-5-6-11-20/h1,15-18H,5-14H2,2-3H3. The Kier molecular flexibility index (Phi) is 6.35. The van der Waals surface area contributed by atoms with Crippen molar-refractivity contribution in [1.29, 1.82) is 0 Å². The van der Waals surface area contributed by atoms with E-state index in [1.165, 1.54) is 38.8 Å². The summed E-state index contributed by atoms with van der Waals surface area (Å²) < 4.78 is 0. The molecule has 0 bridgehead atoms. The van der Waals surface area contributed by atoms with Crippen LogP contribution in [0.3, 0.4) is 0 Å². The van der Waals surface area contributed by atoms with Crippen LogP contribution in [-0.4, -0.2) is 61.2 Å². The van der Waals surface area contributed by atoms with Crippen molar-refractivity contribution in [3.63, 3.8) is 0 Å². The van der Waals surface area contributed by atoms with E-state index in [0.29, 0.717) is 12.1 Å². The molecule has 2 heterocycles. The second-order valence-electron chi connectivity index (χ2n) is 6.72. The SMILES string of the molecule is C#CCN1CCC(NCC(C(C)C)N2CCCC2)CC1. The smallest absolute Gasteiger partial charge is 0.0598 e. The first-order valence-corrected chi connectivity index (χ1v) is 8.34. The molecule has 0 aromatic rings. The highest BCUT2D eigenvalue weighted by Gasteiger charge is 2.26. The number of nitrogens with one attached hydrogen (secondary N) is 1. The molecule has 114 valence electrons. The third-order valence-corrected chi connectivity index (χ3v) is 4.90. The molecule has 0 aromatic heterocycles. The predicted molar refractivity (Wildman–Crippen MR) is 85.7 cm³/mol. The summed E-state index contributed by atoms with van der Waals surface area (Å²) in [6.07, 6.45) is 10.6. The van der Waals surface area contributed by atoms with Gasteiger partial charge < -0.3 is 5.32 Å². The number of hydrogen-bond acceptors (Lipinski definition) is 3. The minimum atomic E-state index is 0.688. The summed E-state index contributed by atoms with van der Waals surface area (Å²) in [5.74, 6) is 3.49. The Balaban J connectivity index is 1.72. The van der Waals surface area contributed by atoms with E-state index in [4.69, 9.17) is 6.42 Å². The highest BCUT2D eigenvalue weighted by molar-refractivity contribution is 4.91. The molecule has 1 atom stereocenters. The zero-order valence-corrected chi connectivity index (χ0v) is 13.3. The lowest BCUT2D eigenvalue weighted by Gasteiger charge is -2.35. The summed E-state index contributed by atoms with van der Waals surface area (Å²) in [7, 11) is 0. The summed E-state index contributed by atoms with van der Waals surface area (Å²) in [5.41, 5.74) is 0. The summed E-state index contributed by atoms with van der Waals surface area (Å²) >= 11 is 0. The van der Waals surface area contributed by atoms with E-state index in [-0.39, 0.29) is 0 Å². The van der Waals surface area contributed by atoms with Crippen molar-refractivity contribution in [2.24, 2.45) is 5.92 Å². The monoisotopic (exact) mass is 277 g/mol. The molecule has 2 aliphatic heterocycles. The number of likely N-dealkylation sites (tertiary alicyclic amines) is 2. The molecule has 1 unspecified atom stereocenters. The van der Waals surface area contributed by atoms with Crippen LogP contribution >= 0.6 is 0 Å². The first-order chi connectivity index (χ1) is 9.70. The quantitative estimate of drug-likeness (QED) is 0.747. The third-order valence-electron chi connectivity index (χ3n) is 4.90. The Morgan fingerprint density at radius 3 is 2.35 bits per heavy atom. The van der Waals surface area contributed by atoms with Crippen LogP contribution in [0.1, 0.15) is 39.5 Å². The molecule has 0 amide bonds. The van der Waals surface area contributed by atoms with Crippen molar-refractivity contribution in [1.82, 2.24) is 15.1 Å². The lowest BCUT2D eigenvalue weighted by molar-refractivity contribution is 0.166. The van der Waals surface area contributed by atoms with Gasteiger partial charge in [-0.25, -0.2) is 0 Å². The van der Waals surface area contributed by atoms with E-state index in [2.05, 4.69) is 34.9 Å². The Hall–Kier alpha value is -0.560. The van der Waals surface area contributed by atoms with Crippen molar-refractivity contribution < 1.29 is 0 Å². The fraction of sp³-hybridized carbons (Fsp3) is 0.882. The lowest BCUT2D eigenvalue weighted by atomic mass is 10.0. The Morgan fingerprint density at radius 2 is 1.80 bits per heavy atom. The van der Waals surface area contributed by atoms with Gasteiger partial charge in [-0.15, -0.1) is 6.42 Å². The Morgan fingerprint density at radius 1 is 1.15 bits per heavy atom. The van der Waals surface area contributed by atoms with Crippen LogP contribution in [0, 0.1) is 18.3 Å². The summed E-state index contributed by atoms with van der Waals surface area (Å²) in [6, 6.07) is 1.40. The normalized spacial score (nSPS) is 24.1. The molecule has 2 fully saturated rings. The first-order valence-electron chi connectivity index (χ1n) is 8.34. The van der Waals surface area contributed by atoms with Crippen LogP contribution < -0.4 is 5.32 Å². The molecule has 0 radical (unpaired) electrons. The molecule has 20 heavy (non-hydrogen) atoms. The van der Waals surface area contributed by atoms with Crippen molar-refractivity contribution in [2.45, 2.75) is 51.6 Å². The van der Waals surface area contributed by atoms with Gasteiger partial charge in [0.2, 0.25) is 0 Å². The van der Waals surface area contributed by atoms with E-state index in [0.717, 1.165) is 32.1 Å². The van der Waals surface area contributed by atoms with Crippen LogP contribution in [0.2, 0.25) is 0 Å². The zero-order valence-electron chi connectivity index (χ0n) is 13.3. The fourth-order valence-electron chi connectivity index (χ4n) is 3.57. The molecule has 0 saturated carbocycles. The van der Waals surface area contributed by atoms with Gasteiger partial charge in [0.25, 0.3) is 0 Å². The molecule has 2 aliphatic rings. The molecular formula is C17H31N3. The zero-order chi connectivity index (χ0) is 14.4. The van der Waals surface area contributed by atoms with Crippen LogP contribution in [0.4, 0.5) is 0 Å². The topological polar surface area (TPSA) is 18.5 Å². The number of piperidine rings is 1. The maximum absolute atomic E-state index is 5.38. The first kappa shape index (κ1) is 15.8. The average molecular weight is 277 g/mol. The van der Waals surface area contributed by atoms with Crippen LogP contribution in [-0.2, 0) is 0 Å². The van der Waals surface area contributed by atoms with Gasteiger partial charge in [0, 0.05) is 31.7 Å². The van der Waals surface area contributed by atoms with Gasteiger partial charge in [0.1, 0.15) is 0 Å². The Labute approximate surface area is 125 Å². The average Bonchev–Trinajstić information content (AvgIpc) is 2.95. The number of terminal acetylenes is 1. The second kappa shape index (κ2) is 8.02. The van der Waals surface area contributed by atoms with E-state index in [1.807, 2.05) is 0 Å². The number of rotatable bonds is 6. The highest BCUT2D eigenvalue weighted by atomic mass is 15.2. The van der Waals surface area contributed by atoms with Gasteiger partial charge in [-0.1, -0.05) is 19.8 Å². The molecule has 3 heteroatoms. The highest BCUT2D eigenvalue weighted by Crippen LogP contribution is 2.18. The van der Waals surface area contributed by atoms with Gasteiger partial charge >= 0.3 is 0 Å². The largest absolute Gasteiger partial charge is 0.312 e. The lowest BCUT2D eigenvalue weighted by Crippen LogP contribution is -2.49. The van der Waals surface area contributed by atoms with Gasteiger partial charge in [-0.3, -0.25) is 9.80 Å². The van der Waals surface area contributed by atoms with E-state index in [9.17, 15) is 0 Å². The molecule has 3 nitrogen and oxygen atoms in total. The maximum atomic E-state index is 5.38. The van der Waals surface area contributed by atoms with Crippen molar-refractivity contribution >= 4 is 0 Å². The molecule has 1 N–H and O–H groups in total. The van der Waals surface area contributed by atoms with Crippen LogP contribution in [0.25, 0.3) is 0 Å². The van der Waals surface area contributed by atoms with E-state index in [1.54, 1.807) is 0 Å². The molecular weight excluding hydrogens is 246 g/mol. The number of nitrogens with zero attached hydrogens (tertiary/aromatic N) is 2. The van der Waals surface area contributed by atoms with Gasteiger partial charge in [-0.2, -0.15) is 0 Å². The molecule has 2 rings (SSSR count).